The smallest absolute Gasteiger partial charge is 0.236 e. The van der Waals surface area contributed by atoms with Gasteiger partial charge in [0.25, 0.3) is 0 Å². The van der Waals surface area contributed by atoms with Crippen LogP contribution in [0.3, 0.4) is 0 Å². The van der Waals surface area contributed by atoms with Gasteiger partial charge in [0.15, 0.2) is 5.82 Å². The first-order valence-electron chi connectivity index (χ1n) is 8.49. The third-order valence-electron chi connectivity index (χ3n) is 4.25. The molecule has 1 N–H and O–H groups in total. The number of anilines is 1. The minimum absolute atomic E-state index is 0.0818. The second-order valence-electron chi connectivity index (χ2n) is 5.99. The lowest BCUT2D eigenvalue weighted by Gasteiger charge is -2.13. The fourth-order valence-electron chi connectivity index (χ4n) is 2.90. The van der Waals surface area contributed by atoms with Gasteiger partial charge in [-0.25, -0.2) is 0 Å². The molecule has 1 amide bonds. The summed E-state index contributed by atoms with van der Waals surface area (Å²) in [5.74, 6) is 0.298. The average Bonchev–Trinajstić information content (AvgIpc) is 3.24. The molecule has 6 nitrogen and oxygen atoms in total. The maximum absolute atomic E-state index is 12.7. The van der Waals surface area contributed by atoms with Crippen molar-refractivity contribution in [2.45, 2.75) is 19.3 Å². The molecule has 0 aliphatic heterocycles. The molecule has 4 aromatic rings. The molecule has 0 saturated heterocycles. The topological polar surface area (TPSA) is 72.2 Å². The second-order valence-corrected chi connectivity index (χ2v) is 7.39. The van der Waals surface area contributed by atoms with E-state index in [0.717, 1.165) is 11.1 Å². The minimum atomic E-state index is -0.226. The van der Waals surface area contributed by atoms with E-state index in [1.165, 1.54) is 11.3 Å². The summed E-state index contributed by atoms with van der Waals surface area (Å²) in [4.78, 5) is 13.3. The fourth-order valence-corrected chi connectivity index (χ4v) is 3.77. The van der Waals surface area contributed by atoms with Crippen molar-refractivity contribution in [3.63, 3.8) is 0 Å². The summed E-state index contributed by atoms with van der Waals surface area (Å²) in [6.45, 7) is 1.99. The van der Waals surface area contributed by atoms with E-state index in [4.69, 9.17) is 11.6 Å². The van der Waals surface area contributed by atoms with Crippen LogP contribution in [0.1, 0.15) is 24.8 Å². The van der Waals surface area contributed by atoms with E-state index >= 15 is 0 Å². The number of halogens is 1. The van der Waals surface area contributed by atoms with Gasteiger partial charge in [-0.15, -0.1) is 15.3 Å². The van der Waals surface area contributed by atoms with Crippen molar-refractivity contribution in [1.82, 2.24) is 19.8 Å². The highest BCUT2D eigenvalue weighted by molar-refractivity contribution is 7.20. The molecule has 27 heavy (non-hydrogen) atoms. The lowest BCUT2D eigenvalue weighted by atomic mass is 9.96. The van der Waals surface area contributed by atoms with E-state index in [1.54, 1.807) is 16.6 Å². The number of fused-ring (bicyclic) bond motifs is 1. The lowest BCUT2D eigenvalue weighted by Crippen LogP contribution is -2.20. The molecule has 8 heteroatoms. The zero-order chi connectivity index (χ0) is 18.8. The van der Waals surface area contributed by atoms with Gasteiger partial charge in [0.2, 0.25) is 16.0 Å². The zero-order valence-electron chi connectivity index (χ0n) is 14.5. The van der Waals surface area contributed by atoms with E-state index in [9.17, 15) is 4.79 Å². The molecular formula is C19H16ClN5OS. The Labute approximate surface area is 164 Å². The monoisotopic (exact) mass is 397 g/mol. The van der Waals surface area contributed by atoms with Gasteiger partial charge in [-0.1, -0.05) is 60.2 Å². The number of nitrogens with one attached hydrogen (secondary N) is 1. The van der Waals surface area contributed by atoms with Crippen molar-refractivity contribution in [2.24, 2.45) is 0 Å². The first-order chi connectivity index (χ1) is 13.2. The summed E-state index contributed by atoms with van der Waals surface area (Å²) in [6, 6.07) is 17.0. The number of benzene rings is 2. The van der Waals surface area contributed by atoms with E-state index in [1.807, 2.05) is 49.4 Å². The van der Waals surface area contributed by atoms with E-state index in [2.05, 4.69) is 20.6 Å². The van der Waals surface area contributed by atoms with E-state index < -0.39 is 0 Å². The molecule has 0 fully saturated rings. The van der Waals surface area contributed by atoms with Crippen LogP contribution >= 0.6 is 22.9 Å². The van der Waals surface area contributed by atoms with Gasteiger partial charge in [-0.05, 0) is 36.2 Å². The third-order valence-corrected chi connectivity index (χ3v) is 5.32. The number of hydrogen-bond donors (Lipinski definition) is 1. The molecule has 0 saturated carbocycles. The van der Waals surface area contributed by atoms with Gasteiger partial charge >= 0.3 is 0 Å². The lowest BCUT2D eigenvalue weighted by molar-refractivity contribution is -0.117. The number of amides is 1. The maximum atomic E-state index is 12.7. The van der Waals surface area contributed by atoms with Crippen LogP contribution in [0.25, 0.3) is 16.3 Å². The Hall–Kier alpha value is -2.77. The molecule has 0 aliphatic rings. The van der Waals surface area contributed by atoms with Crippen LogP contribution in [0.2, 0.25) is 5.02 Å². The fraction of sp³-hybridized carbons (Fsp3) is 0.158. The van der Waals surface area contributed by atoms with Crippen LogP contribution in [0.5, 0.6) is 0 Å². The molecule has 136 valence electrons. The molecule has 4 rings (SSSR count). The minimum Gasteiger partial charge on any atom is -0.300 e. The van der Waals surface area contributed by atoms with E-state index in [0.29, 0.717) is 27.4 Å². The Morgan fingerprint density at radius 1 is 1.15 bits per heavy atom. The van der Waals surface area contributed by atoms with Gasteiger partial charge in [0.1, 0.15) is 0 Å². The van der Waals surface area contributed by atoms with Gasteiger partial charge in [-0.2, -0.15) is 4.52 Å². The third kappa shape index (κ3) is 3.56. The van der Waals surface area contributed by atoms with E-state index in [-0.39, 0.29) is 11.8 Å². The Balaban J connectivity index is 1.59. The highest BCUT2D eigenvalue weighted by atomic mass is 35.5. The highest BCUT2D eigenvalue weighted by Gasteiger charge is 2.21. The molecule has 2 aromatic carbocycles. The van der Waals surface area contributed by atoms with Gasteiger partial charge in [0.05, 0.1) is 5.92 Å². The Kier molecular flexibility index (Phi) is 4.87. The highest BCUT2D eigenvalue weighted by Crippen LogP contribution is 2.27. The van der Waals surface area contributed by atoms with Gasteiger partial charge in [0, 0.05) is 10.6 Å². The number of rotatable bonds is 5. The van der Waals surface area contributed by atoms with Crippen molar-refractivity contribution in [3.05, 3.63) is 65.2 Å². The molecule has 0 radical (unpaired) electrons. The largest absolute Gasteiger partial charge is 0.300 e. The number of aromatic nitrogens is 4. The number of hydrogen-bond acceptors (Lipinski definition) is 5. The van der Waals surface area contributed by atoms with Crippen LogP contribution in [-0.2, 0) is 4.79 Å². The van der Waals surface area contributed by atoms with Crippen LogP contribution < -0.4 is 5.32 Å². The Morgan fingerprint density at radius 2 is 1.89 bits per heavy atom. The van der Waals surface area contributed by atoms with Gasteiger partial charge in [-0.3, -0.25) is 10.1 Å². The Bertz CT molecular complexity index is 1070. The van der Waals surface area contributed by atoms with Crippen molar-refractivity contribution < 1.29 is 4.79 Å². The summed E-state index contributed by atoms with van der Waals surface area (Å²) in [7, 11) is 0. The summed E-state index contributed by atoms with van der Waals surface area (Å²) in [5, 5.41) is 16.9. The average molecular weight is 398 g/mol. The zero-order valence-corrected chi connectivity index (χ0v) is 16.0. The molecule has 2 heterocycles. The van der Waals surface area contributed by atoms with Crippen molar-refractivity contribution in [2.75, 3.05) is 5.32 Å². The molecule has 0 spiro atoms. The van der Waals surface area contributed by atoms with Crippen molar-refractivity contribution in [1.29, 1.82) is 0 Å². The van der Waals surface area contributed by atoms with Crippen LogP contribution in [-0.4, -0.2) is 25.7 Å². The number of carbonyl (C=O) groups is 1. The maximum Gasteiger partial charge on any atom is 0.236 e. The Morgan fingerprint density at radius 3 is 2.59 bits per heavy atom. The van der Waals surface area contributed by atoms with Crippen LogP contribution in [0, 0.1) is 0 Å². The summed E-state index contributed by atoms with van der Waals surface area (Å²) in [5.41, 5.74) is 1.84. The first kappa shape index (κ1) is 17.6. The molecule has 0 bridgehead atoms. The number of carbonyl (C=O) groups excluding carboxylic acids is 1. The van der Waals surface area contributed by atoms with Gasteiger partial charge < -0.3 is 0 Å². The van der Waals surface area contributed by atoms with Crippen LogP contribution in [0.15, 0.2) is 54.6 Å². The summed E-state index contributed by atoms with van der Waals surface area (Å²) < 4.78 is 1.63. The second kappa shape index (κ2) is 7.46. The molecule has 2 aromatic heterocycles. The normalized spacial score (nSPS) is 12.2. The van der Waals surface area contributed by atoms with Crippen molar-refractivity contribution >= 4 is 38.9 Å². The molecule has 0 unspecified atom stereocenters. The molecule has 1 atom stereocenters. The summed E-state index contributed by atoms with van der Waals surface area (Å²) >= 11 is 7.23. The quantitative estimate of drug-likeness (QED) is 0.532. The van der Waals surface area contributed by atoms with Crippen LogP contribution in [0.4, 0.5) is 5.13 Å². The standard InChI is InChI=1S/C19H16ClN5OS/c1-2-15(12-6-4-3-5-7-12)17(26)21-18-24-25-16(22-23-19(25)27-18)13-8-10-14(20)11-9-13/h3-11,15H,2H2,1H3,(H,21,24,26)/t15-/m1/s1. The predicted molar refractivity (Wildman–Crippen MR) is 107 cm³/mol. The molecule has 0 aliphatic carbocycles. The molecular weight excluding hydrogens is 382 g/mol. The number of nitrogens with zero attached hydrogens (tertiary/aromatic N) is 4. The SMILES string of the molecule is CC[C@@H](C(=O)Nc1nn2c(-c3ccc(Cl)cc3)nnc2s1)c1ccccc1. The first-order valence-corrected chi connectivity index (χ1v) is 9.69. The van der Waals surface area contributed by atoms with Crippen molar-refractivity contribution in [3.8, 4) is 11.4 Å². The summed E-state index contributed by atoms with van der Waals surface area (Å²) in [6.07, 6.45) is 0.704. The predicted octanol–water partition coefficient (Wildman–Crippen LogP) is 4.64.